The van der Waals surface area contributed by atoms with Crippen molar-refractivity contribution in [1.82, 2.24) is 35.1 Å². The number of imidazole rings is 1. The van der Waals surface area contributed by atoms with E-state index in [4.69, 9.17) is 15.2 Å². The largest absolute Gasteiger partial charge is 0.493 e. The van der Waals surface area contributed by atoms with Gasteiger partial charge in [-0.2, -0.15) is 0 Å². The zero-order valence-electron chi connectivity index (χ0n) is 23.6. The summed E-state index contributed by atoms with van der Waals surface area (Å²) in [5, 5.41) is 23.5. The van der Waals surface area contributed by atoms with Gasteiger partial charge in [0.2, 0.25) is 0 Å². The van der Waals surface area contributed by atoms with Crippen LogP contribution in [0.5, 0.6) is 11.5 Å². The average Bonchev–Trinajstić information content (AvgIpc) is 3.42. The summed E-state index contributed by atoms with van der Waals surface area (Å²) in [7, 11) is 3.15. The van der Waals surface area contributed by atoms with Crippen LogP contribution in [-0.2, 0) is 6.54 Å². The van der Waals surface area contributed by atoms with E-state index in [9.17, 15) is 10.1 Å². The number of nitrogens with two attached hydrogens (primary N) is 1. The molecule has 220 valence electrons. The minimum atomic E-state index is -0.415. The molecule has 14 heteroatoms. The number of nitrogen functional groups attached to an aromatic ring is 1. The smallest absolute Gasteiger partial charge is 0.271 e. The normalized spacial score (nSPS) is 11.4. The molecule has 0 aliphatic heterocycles. The summed E-state index contributed by atoms with van der Waals surface area (Å²) in [4.78, 5) is 28.1. The number of non-ortho nitro benzene ring substituents is 1. The molecule has 0 fully saturated rings. The number of nitrogens with one attached hydrogen (secondary N) is 3. The quantitative estimate of drug-likeness (QED) is 0.0622. The molecule has 0 saturated heterocycles. The van der Waals surface area contributed by atoms with Crippen LogP contribution in [-0.4, -0.2) is 76.4 Å². The summed E-state index contributed by atoms with van der Waals surface area (Å²) in [6, 6.07) is 8.40. The first kappa shape index (κ1) is 28.7. The molecule has 5 aromatic rings. The molecule has 0 spiro atoms. The Morgan fingerprint density at radius 1 is 0.905 bits per heavy atom. The fourth-order valence-corrected chi connectivity index (χ4v) is 4.84. The number of hydrogen-bond donors (Lipinski definition) is 4. The Hall–Kier alpha value is -4.82. The third kappa shape index (κ3) is 6.24. The number of nitro benzene ring substituents is 1. The standard InChI is InChI=1S/C28H34N10O4/c1-41-23-14-20-22(15-24(23)42-2)36-21-13-18(38(39)40)5-6-19(21)25(20)32-10-4-9-30-7-3-8-31-11-12-37-17-35-26-27(29)33-16-34-28(26)37/h5-6,13-17,30-31H,3-4,7-12H2,1-2H3,(H,32,36)(H2,29,33,34). The Bertz CT molecular complexity index is 1710. The molecule has 0 aliphatic carbocycles. The van der Waals surface area contributed by atoms with Gasteiger partial charge < -0.3 is 35.7 Å². The highest BCUT2D eigenvalue weighted by Gasteiger charge is 2.16. The molecule has 0 aliphatic rings. The summed E-state index contributed by atoms with van der Waals surface area (Å²) in [6.45, 7) is 4.88. The van der Waals surface area contributed by atoms with Crippen molar-refractivity contribution >= 4 is 50.2 Å². The number of nitrogens with zero attached hydrogens (tertiary/aromatic N) is 6. The van der Waals surface area contributed by atoms with Gasteiger partial charge in [0.15, 0.2) is 23.0 Å². The van der Waals surface area contributed by atoms with E-state index in [0.717, 1.165) is 67.7 Å². The molecule has 0 atom stereocenters. The molecule has 0 radical (unpaired) electrons. The van der Waals surface area contributed by atoms with Crippen LogP contribution in [0.1, 0.15) is 12.8 Å². The fraction of sp³-hybridized carbons (Fsp3) is 0.357. The predicted octanol–water partition coefficient (Wildman–Crippen LogP) is 3.11. The molecular formula is C28H34N10O4. The first-order chi connectivity index (χ1) is 20.5. The van der Waals surface area contributed by atoms with Crippen LogP contribution in [0.3, 0.4) is 0 Å². The Balaban J connectivity index is 1.10. The van der Waals surface area contributed by atoms with E-state index in [-0.39, 0.29) is 5.69 Å². The van der Waals surface area contributed by atoms with Gasteiger partial charge in [0, 0.05) is 48.6 Å². The van der Waals surface area contributed by atoms with Gasteiger partial charge in [0.25, 0.3) is 5.69 Å². The Labute approximate surface area is 241 Å². The maximum Gasteiger partial charge on any atom is 0.271 e. The topological polar surface area (TPSA) is 180 Å². The van der Waals surface area contributed by atoms with Gasteiger partial charge in [0.1, 0.15) is 11.8 Å². The highest BCUT2D eigenvalue weighted by Crippen LogP contribution is 2.38. The van der Waals surface area contributed by atoms with Gasteiger partial charge in [-0.25, -0.2) is 19.9 Å². The second-order valence-electron chi connectivity index (χ2n) is 9.67. The third-order valence-electron chi connectivity index (χ3n) is 6.97. The lowest BCUT2D eigenvalue weighted by Crippen LogP contribution is -2.25. The van der Waals surface area contributed by atoms with E-state index in [1.54, 1.807) is 32.7 Å². The maximum absolute atomic E-state index is 11.4. The zero-order chi connectivity index (χ0) is 29.5. The first-order valence-electron chi connectivity index (χ1n) is 13.7. The Morgan fingerprint density at radius 3 is 2.38 bits per heavy atom. The maximum atomic E-state index is 11.4. The molecule has 14 nitrogen and oxygen atoms in total. The van der Waals surface area contributed by atoms with Crippen LogP contribution < -0.4 is 31.2 Å². The van der Waals surface area contributed by atoms with Crippen LogP contribution in [0, 0.1) is 10.1 Å². The lowest BCUT2D eigenvalue weighted by Gasteiger charge is -2.16. The summed E-state index contributed by atoms with van der Waals surface area (Å²) >= 11 is 0. The van der Waals surface area contributed by atoms with E-state index in [2.05, 4.69) is 35.9 Å². The van der Waals surface area contributed by atoms with Crippen molar-refractivity contribution in [2.24, 2.45) is 0 Å². The molecule has 5 N–H and O–H groups in total. The molecule has 2 aromatic carbocycles. The lowest BCUT2D eigenvalue weighted by molar-refractivity contribution is -0.384. The van der Waals surface area contributed by atoms with Gasteiger partial charge in [0.05, 0.1) is 42.2 Å². The molecule has 0 saturated carbocycles. The van der Waals surface area contributed by atoms with Crippen LogP contribution in [0.15, 0.2) is 43.0 Å². The number of nitro groups is 1. The van der Waals surface area contributed by atoms with E-state index < -0.39 is 4.92 Å². The Kier molecular flexibility index (Phi) is 9.04. The Morgan fingerprint density at radius 2 is 1.62 bits per heavy atom. The number of ether oxygens (including phenoxy) is 2. The number of anilines is 2. The molecule has 3 heterocycles. The van der Waals surface area contributed by atoms with Crippen LogP contribution in [0.25, 0.3) is 33.0 Å². The summed E-state index contributed by atoms with van der Waals surface area (Å²) < 4.78 is 12.9. The van der Waals surface area contributed by atoms with Crippen molar-refractivity contribution < 1.29 is 14.4 Å². The summed E-state index contributed by atoms with van der Waals surface area (Å²) in [5.74, 6) is 1.52. The van der Waals surface area contributed by atoms with Crippen molar-refractivity contribution in [3.05, 3.63) is 53.1 Å². The molecule has 0 unspecified atom stereocenters. The van der Waals surface area contributed by atoms with Gasteiger partial charge in [-0.05, 0) is 44.6 Å². The second kappa shape index (κ2) is 13.2. The van der Waals surface area contributed by atoms with Crippen LogP contribution in [0.4, 0.5) is 17.2 Å². The number of methoxy groups -OCH3 is 2. The predicted molar refractivity (Wildman–Crippen MR) is 162 cm³/mol. The van der Waals surface area contributed by atoms with Gasteiger partial charge in [-0.1, -0.05) is 0 Å². The molecule has 0 bridgehead atoms. The van der Waals surface area contributed by atoms with Crippen molar-refractivity contribution in [3.8, 4) is 11.5 Å². The minimum Gasteiger partial charge on any atom is -0.493 e. The van der Waals surface area contributed by atoms with E-state index in [0.29, 0.717) is 40.4 Å². The molecule has 42 heavy (non-hydrogen) atoms. The van der Waals surface area contributed by atoms with Gasteiger partial charge >= 0.3 is 0 Å². The van der Waals surface area contributed by atoms with E-state index in [1.165, 1.54) is 18.5 Å². The minimum absolute atomic E-state index is 0.00515. The van der Waals surface area contributed by atoms with Crippen LogP contribution in [0.2, 0.25) is 0 Å². The molecular weight excluding hydrogens is 540 g/mol. The van der Waals surface area contributed by atoms with Crippen molar-refractivity contribution in [2.45, 2.75) is 19.4 Å². The zero-order valence-corrected chi connectivity index (χ0v) is 23.6. The highest BCUT2D eigenvalue weighted by molar-refractivity contribution is 6.08. The fourth-order valence-electron chi connectivity index (χ4n) is 4.84. The molecule has 3 aromatic heterocycles. The molecule has 5 rings (SSSR count). The number of fused-ring (bicyclic) bond motifs is 3. The number of rotatable bonds is 15. The van der Waals surface area contributed by atoms with E-state index >= 15 is 0 Å². The SMILES string of the molecule is COc1cc2nc3cc([N+](=O)[O-])ccc3c(NCCCNCCCNCCn3cnc4c(N)ncnc43)c2cc1OC. The highest BCUT2D eigenvalue weighted by atomic mass is 16.6. The van der Waals surface area contributed by atoms with Crippen molar-refractivity contribution in [3.63, 3.8) is 0 Å². The first-order valence-corrected chi connectivity index (χ1v) is 13.7. The second-order valence-corrected chi connectivity index (χ2v) is 9.67. The third-order valence-corrected chi connectivity index (χ3v) is 6.97. The number of benzene rings is 2. The number of pyridine rings is 1. The average molecular weight is 575 g/mol. The van der Waals surface area contributed by atoms with Crippen LogP contribution >= 0.6 is 0 Å². The van der Waals surface area contributed by atoms with Crippen molar-refractivity contribution in [1.29, 1.82) is 0 Å². The number of aromatic nitrogens is 5. The van der Waals surface area contributed by atoms with Crippen molar-refractivity contribution in [2.75, 3.05) is 58.0 Å². The lowest BCUT2D eigenvalue weighted by atomic mass is 10.1. The van der Waals surface area contributed by atoms with Gasteiger partial charge in [-0.15, -0.1) is 0 Å². The number of hydrogen-bond acceptors (Lipinski definition) is 12. The summed E-state index contributed by atoms with van der Waals surface area (Å²) in [6.07, 6.45) is 5.07. The molecule has 0 amide bonds. The van der Waals surface area contributed by atoms with Gasteiger partial charge in [-0.3, -0.25) is 10.1 Å². The van der Waals surface area contributed by atoms with E-state index in [1.807, 2.05) is 10.6 Å². The summed E-state index contributed by atoms with van der Waals surface area (Å²) in [5.41, 5.74) is 9.27. The monoisotopic (exact) mass is 574 g/mol.